The van der Waals surface area contributed by atoms with Crippen LogP contribution < -0.4 is 4.74 Å². The molecule has 0 fully saturated rings. The summed E-state index contributed by atoms with van der Waals surface area (Å²) in [6.07, 6.45) is 10.1. The molecule has 0 spiro atoms. The highest BCUT2D eigenvalue weighted by Crippen LogP contribution is 2.30. The Morgan fingerprint density at radius 1 is 0.784 bits per heavy atom. The van der Waals surface area contributed by atoms with Crippen LogP contribution in [-0.4, -0.2) is 25.9 Å². The molecule has 8 bridgehead atoms. The number of nitrogens with zero attached hydrogens (tertiary/aromatic N) is 2. The highest BCUT2D eigenvalue weighted by molar-refractivity contribution is 5.93. The van der Waals surface area contributed by atoms with Crippen molar-refractivity contribution in [3.05, 3.63) is 113 Å². The number of esters is 1. The molecule has 6 nitrogen and oxygen atoms in total. The number of carbonyl (C=O) groups is 1. The number of allylic oxidation sites excluding steroid dienone is 1. The summed E-state index contributed by atoms with van der Waals surface area (Å²) in [5.41, 5.74) is 9.28. The molecule has 37 heavy (non-hydrogen) atoms. The molecule has 1 aromatic carbocycles. The van der Waals surface area contributed by atoms with Crippen LogP contribution in [0.4, 0.5) is 0 Å². The van der Waals surface area contributed by atoms with Gasteiger partial charge in [-0.2, -0.15) is 0 Å². The lowest BCUT2D eigenvalue weighted by molar-refractivity contribution is -0.129. The van der Waals surface area contributed by atoms with Crippen molar-refractivity contribution in [1.29, 1.82) is 0 Å². The monoisotopic (exact) mass is 484 g/mol. The van der Waals surface area contributed by atoms with Gasteiger partial charge in [-0.05, 0) is 90.9 Å². The zero-order valence-electron chi connectivity index (χ0n) is 20.2. The SMILES string of the molecule is CCC=CC(=O)Oc1ccc(C2=Cc3cc4ccc(cc5nc(cc6ccc(cc2n3)[nH]6)C=C5)[nH]4)cc1. The van der Waals surface area contributed by atoms with Crippen LogP contribution in [0.5, 0.6) is 5.75 Å². The van der Waals surface area contributed by atoms with Crippen molar-refractivity contribution in [2.75, 3.05) is 0 Å². The Balaban J connectivity index is 1.45. The summed E-state index contributed by atoms with van der Waals surface area (Å²) < 4.78 is 5.40. The largest absolute Gasteiger partial charge is 0.423 e. The first-order chi connectivity index (χ1) is 18.1. The molecular weight excluding hydrogens is 460 g/mol. The average Bonchev–Trinajstić information content (AvgIpc) is 3.69. The minimum Gasteiger partial charge on any atom is -0.423 e. The highest BCUT2D eigenvalue weighted by Gasteiger charge is 2.13. The molecule has 6 rings (SSSR count). The zero-order valence-corrected chi connectivity index (χ0v) is 20.2. The topological polar surface area (TPSA) is 83.7 Å². The van der Waals surface area contributed by atoms with Crippen molar-refractivity contribution in [2.24, 2.45) is 0 Å². The Morgan fingerprint density at radius 3 is 2.00 bits per heavy atom. The number of fused-ring (bicyclic) bond motifs is 8. The summed E-state index contributed by atoms with van der Waals surface area (Å²) in [7, 11) is 0. The quantitative estimate of drug-likeness (QED) is 0.161. The minimum absolute atomic E-state index is 0.380. The minimum atomic E-state index is -0.380. The first-order valence-corrected chi connectivity index (χ1v) is 12.2. The van der Waals surface area contributed by atoms with Crippen molar-refractivity contribution in [3.8, 4) is 5.75 Å². The zero-order chi connectivity index (χ0) is 25.2. The van der Waals surface area contributed by atoms with Crippen LogP contribution in [0, 0.1) is 0 Å². The fraction of sp³-hybridized carbons (Fsp3) is 0.0645. The van der Waals surface area contributed by atoms with E-state index in [-0.39, 0.29) is 5.97 Å². The molecule has 3 aromatic heterocycles. The van der Waals surface area contributed by atoms with E-state index in [4.69, 9.17) is 14.7 Å². The van der Waals surface area contributed by atoms with E-state index >= 15 is 0 Å². The summed E-state index contributed by atoms with van der Waals surface area (Å²) in [5.74, 6) is 0.120. The van der Waals surface area contributed by atoms with Gasteiger partial charge in [-0.25, -0.2) is 14.8 Å². The summed E-state index contributed by atoms with van der Waals surface area (Å²) >= 11 is 0. The van der Waals surface area contributed by atoms with E-state index in [2.05, 4.69) is 16.0 Å². The Morgan fingerprint density at radius 2 is 1.38 bits per heavy atom. The summed E-state index contributed by atoms with van der Waals surface area (Å²) in [4.78, 5) is 28.4. The fourth-order valence-corrected chi connectivity index (χ4v) is 4.31. The number of H-pyrrole nitrogens is 2. The number of benzene rings is 1. The van der Waals surface area contributed by atoms with Gasteiger partial charge >= 0.3 is 5.97 Å². The van der Waals surface area contributed by atoms with Gasteiger partial charge in [0.25, 0.3) is 0 Å². The third kappa shape index (κ3) is 5.04. The molecule has 2 aliphatic rings. The van der Waals surface area contributed by atoms with Crippen molar-refractivity contribution in [2.45, 2.75) is 13.3 Å². The number of hydrogen-bond donors (Lipinski definition) is 2. The first kappa shape index (κ1) is 22.5. The van der Waals surface area contributed by atoms with Crippen molar-refractivity contribution >= 4 is 51.8 Å². The van der Waals surface area contributed by atoms with Gasteiger partial charge in [0.1, 0.15) is 5.75 Å². The van der Waals surface area contributed by atoms with E-state index in [1.54, 1.807) is 18.2 Å². The third-order valence-corrected chi connectivity index (χ3v) is 6.04. The van der Waals surface area contributed by atoms with Crippen LogP contribution in [0.25, 0.3) is 45.9 Å². The molecule has 4 aromatic rings. The molecule has 0 atom stereocenters. The van der Waals surface area contributed by atoms with Gasteiger partial charge in [-0.15, -0.1) is 0 Å². The Labute approximate surface area is 213 Å². The van der Waals surface area contributed by atoms with Gasteiger partial charge in [-0.3, -0.25) is 0 Å². The standard InChI is InChI=1S/C31H24N4O2/c1-2-3-4-31(36)37-28-13-5-20(6-14-28)29-18-27-17-25-10-9-23(33-25)15-21-7-8-22(32-21)16-24-11-12-26(34-24)19-30(29)35-27/h3-19,33-34H,2H2,1H3. The van der Waals surface area contributed by atoms with Crippen LogP contribution in [0.1, 0.15) is 41.7 Å². The summed E-state index contributed by atoms with van der Waals surface area (Å²) in [6.45, 7) is 1.97. The Hall–Kier alpha value is -4.97. The van der Waals surface area contributed by atoms with Gasteiger partial charge in [0.2, 0.25) is 0 Å². The lowest BCUT2D eigenvalue weighted by Gasteiger charge is -2.05. The van der Waals surface area contributed by atoms with Crippen LogP contribution in [0.15, 0.2) is 84.9 Å². The second kappa shape index (κ2) is 9.59. The molecule has 2 N–H and O–H groups in total. The predicted octanol–water partition coefficient (Wildman–Crippen LogP) is 6.95. The molecule has 180 valence electrons. The molecule has 6 heteroatoms. The predicted molar refractivity (Wildman–Crippen MR) is 148 cm³/mol. The molecule has 0 saturated carbocycles. The maximum atomic E-state index is 11.9. The molecule has 5 heterocycles. The smallest absolute Gasteiger partial charge is 0.335 e. The average molecular weight is 485 g/mol. The van der Waals surface area contributed by atoms with E-state index in [1.807, 2.05) is 79.7 Å². The van der Waals surface area contributed by atoms with Crippen molar-refractivity contribution in [3.63, 3.8) is 0 Å². The molecule has 0 radical (unpaired) electrons. The second-order valence-electron chi connectivity index (χ2n) is 8.85. The first-order valence-electron chi connectivity index (χ1n) is 12.2. The van der Waals surface area contributed by atoms with E-state index in [0.29, 0.717) is 5.75 Å². The van der Waals surface area contributed by atoms with Gasteiger partial charge in [-0.1, -0.05) is 25.1 Å². The van der Waals surface area contributed by atoms with Gasteiger partial charge in [0.15, 0.2) is 0 Å². The van der Waals surface area contributed by atoms with Crippen molar-refractivity contribution in [1.82, 2.24) is 19.9 Å². The van der Waals surface area contributed by atoms with Gasteiger partial charge < -0.3 is 14.7 Å². The van der Waals surface area contributed by atoms with Gasteiger partial charge in [0, 0.05) is 33.7 Å². The number of carbonyl (C=O) groups excluding carboxylic acids is 1. The number of hydrogen-bond acceptors (Lipinski definition) is 4. The normalized spacial score (nSPS) is 12.6. The number of rotatable bonds is 4. The molecule has 0 aliphatic carbocycles. The maximum Gasteiger partial charge on any atom is 0.335 e. The van der Waals surface area contributed by atoms with Crippen molar-refractivity contribution < 1.29 is 9.53 Å². The van der Waals surface area contributed by atoms with Crippen LogP contribution in [-0.2, 0) is 4.79 Å². The molecule has 0 unspecified atom stereocenters. The van der Waals surface area contributed by atoms with Crippen LogP contribution >= 0.6 is 0 Å². The van der Waals surface area contributed by atoms with E-state index in [9.17, 15) is 4.79 Å². The fourth-order valence-electron chi connectivity index (χ4n) is 4.31. The lowest BCUT2D eigenvalue weighted by atomic mass is 10.0. The Kier molecular flexibility index (Phi) is 5.83. The number of aromatic amines is 2. The summed E-state index contributed by atoms with van der Waals surface area (Å²) in [5, 5.41) is 0. The highest BCUT2D eigenvalue weighted by atomic mass is 16.5. The number of nitrogens with one attached hydrogen (secondary N) is 2. The molecule has 0 saturated heterocycles. The van der Waals surface area contributed by atoms with Gasteiger partial charge in [0.05, 0.1) is 22.8 Å². The van der Waals surface area contributed by atoms with Crippen LogP contribution in [0.2, 0.25) is 0 Å². The number of aromatic nitrogens is 4. The number of ether oxygens (including phenoxy) is 1. The summed E-state index contributed by atoms with van der Waals surface area (Å²) in [6, 6.07) is 23.7. The molecule has 0 amide bonds. The van der Waals surface area contributed by atoms with E-state index in [1.165, 1.54) is 6.08 Å². The van der Waals surface area contributed by atoms with E-state index < -0.39 is 0 Å². The van der Waals surface area contributed by atoms with Crippen LogP contribution in [0.3, 0.4) is 0 Å². The third-order valence-electron chi connectivity index (χ3n) is 6.04. The Bertz CT molecular complexity index is 1750. The molecule has 2 aliphatic heterocycles. The lowest BCUT2D eigenvalue weighted by Crippen LogP contribution is -2.03. The maximum absolute atomic E-state index is 11.9. The second-order valence-corrected chi connectivity index (χ2v) is 8.85. The molecular formula is C31H24N4O2. The van der Waals surface area contributed by atoms with E-state index in [0.717, 1.165) is 62.4 Å².